The third-order valence-electron chi connectivity index (χ3n) is 5.45. The lowest BCUT2D eigenvalue weighted by Crippen LogP contribution is -2.24. The number of anilines is 1. The van der Waals surface area contributed by atoms with E-state index in [0.29, 0.717) is 34.8 Å². The van der Waals surface area contributed by atoms with Crippen molar-refractivity contribution in [2.45, 2.75) is 39.1 Å². The summed E-state index contributed by atoms with van der Waals surface area (Å²) in [7, 11) is -3.65. The fraction of sp³-hybridized carbons (Fsp3) is 0.240. The number of carbonyl (C=O) groups is 1. The number of aryl methyl sites for hydroxylation is 3. The lowest BCUT2D eigenvalue weighted by Gasteiger charge is -2.11. The number of hydrogen-bond acceptors (Lipinski definition) is 6. The monoisotopic (exact) mass is 493 g/mol. The molecule has 35 heavy (non-hydrogen) atoms. The molecule has 0 spiro atoms. The Hall–Kier alpha value is -3.92. The highest BCUT2D eigenvalue weighted by molar-refractivity contribution is 7.91. The van der Waals surface area contributed by atoms with Crippen LogP contribution in [0.15, 0.2) is 71.3 Å². The molecule has 0 radical (unpaired) electrons. The number of nitrogens with one attached hydrogen (secondary N) is 2. The van der Waals surface area contributed by atoms with E-state index in [4.69, 9.17) is 4.42 Å². The Labute approximate surface area is 204 Å². The summed E-state index contributed by atoms with van der Waals surface area (Å²) in [6.45, 7) is 4.39. The number of para-hydroxylation sites is 1. The second kappa shape index (κ2) is 10.6. The Morgan fingerprint density at radius 1 is 1.03 bits per heavy atom. The Bertz CT molecular complexity index is 1410. The molecule has 10 heteroatoms. The van der Waals surface area contributed by atoms with Gasteiger partial charge in [0, 0.05) is 24.9 Å². The van der Waals surface area contributed by atoms with E-state index in [1.54, 1.807) is 66.3 Å². The summed E-state index contributed by atoms with van der Waals surface area (Å²) in [4.78, 5) is 16.8. The molecule has 2 aromatic carbocycles. The summed E-state index contributed by atoms with van der Waals surface area (Å²) in [5.41, 5.74) is 3.14. The lowest BCUT2D eigenvalue weighted by atomic mass is 10.2. The number of nitrogens with zero attached hydrogens (tertiary/aromatic N) is 3. The van der Waals surface area contributed by atoms with Crippen molar-refractivity contribution in [3.8, 4) is 11.5 Å². The van der Waals surface area contributed by atoms with Gasteiger partial charge in [0.15, 0.2) is 0 Å². The van der Waals surface area contributed by atoms with Gasteiger partial charge in [0.25, 0.3) is 0 Å². The molecule has 0 bridgehead atoms. The topological polar surface area (TPSA) is 119 Å². The van der Waals surface area contributed by atoms with Crippen molar-refractivity contribution in [1.82, 2.24) is 20.1 Å². The number of benzene rings is 2. The summed E-state index contributed by atoms with van der Waals surface area (Å²) >= 11 is 0. The van der Waals surface area contributed by atoms with Gasteiger partial charge >= 0.3 is 0 Å². The Morgan fingerprint density at radius 2 is 1.77 bits per heavy atom. The SMILES string of the molecule is Cc1oc(-c2ccccc2NS(=O)(=O)Cc2ccccc2)nc1CNC(=O)CCn1nccc1C. The predicted molar refractivity (Wildman–Crippen MR) is 133 cm³/mol. The van der Waals surface area contributed by atoms with Crippen LogP contribution in [0.3, 0.4) is 0 Å². The summed E-state index contributed by atoms with van der Waals surface area (Å²) in [5.74, 6) is 0.544. The van der Waals surface area contributed by atoms with Crippen LogP contribution in [-0.2, 0) is 33.7 Å². The molecule has 0 aliphatic carbocycles. The maximum Gasteiger partial charge on any atom is 0.236 e. The maximum atomic E-state index is 12.8. The highest BCUT2D eigenvalue weighted by Gasteiger charge is 2.19. The molecule has 4 rings (SSSR count). The number of carbonyl (C=O) groups excluding carboxylic acids is 1. The second-order valence-corrected chi connectivity index (χ2v) is 9.86. The van der Waals surface area contributed by atoms with Crippen molar-refractivity contribution in [1.29, 1.82) is 0 Å². The van der Waals surface area contributed by atoms with Gasteiger partial charge in [-0.15, -0.1) is 0 Å². The van der Waals surface area contributed by atoms with Crippen molar-refractivity contribution < 1.29 is 17.6 Å². The van der Waals surface area contributed by atoms with E-state index >= 15 is 0 Å². The predicted octanol–water partition coefficient (Wildman–Crippen LogP) is 3.80. The number of sulfonamides is 1. The first-order chi connectivity index (χ1) is 16.8. The lowest BCUT2D eigenvalue weighted by molar-refractivity contribution is -0.121. The van der Waals surface area contributed by atoms with Crippen molar-refractivity contribution in [3.63, 3.8) is 0 Å². The fourth-order valence-electron chi connectivity index (χ4n) is 3.57. The minimum atomic E-state index is -3.65. The largest absolute Gasteiger partial charge is 0.441 e. The van der Waals surface area contributed by atoms with Crippen LogP contribution in [-0.4, -0.2) is 29.1 Å². The minimum absolute atomic E-state index is 0.127. The fourth-order valence-corrected chi connectivity index (χ4v) is 4.79. The van der Waals surface area contributed by atoms with Crippen LogP contribution in [0.4, 0.5) is 5.69 Å². The molecule has 0 saturated carbocycles. The minimum Gasteiger partial charge on any atom is -0.441 e. The summed E-state index contributed by atoms with van der Waals surface area (Å²) < 4.78 is 35.8. The molecule has 1 amide bonds. The third-order valence-corrected chi connectivity index (χ3v) is 6.69. The number of amides is 1. The van der Waals surface area contributed by atoms with Gasteiger partial charge in [0.05, 0.1) is 23.5 Å². The van der Waals surface area contributed by atoms with Crippen molar-refractivity contribution in [2.24, 2.45) is 0 Å². The van der Waals surface area contributed by atoms with E-state index in [9.17, 15) is 13.2 Å². The summed E-state index contributed by atoms with van der Waals surface area (Å²) in [6, 6.07) is 17.8. The molecule has 0 saturated heterocycles. The molecular formula is C25H27N5O4S. The van der Waals surface area contributed by atoms with Gasteiger partial charge in [0.1, 0.15) is 11.5 Å². The normalized spacial score (nSPS) is 11.4. The van der Waals surface area contributed by atoms with Gasteiger partial charge in [-0.05, 0) is 37.6 Å². The Morgan fingerprint density at radius 3 is 2.51 bits per heavy atom. The smallest absolute Gasteiger partial charge is 0.236 e. The summed E-state index contributed by atoms with van der Waals surface area (Å²) in [5, 5.41) is 7.03. The molecule has 4 aromatic rings. The van der Waals surface area contributed by atoms with Crippen LogP contribution >= 0.6 is 0 Å². The molecule has 0 aliphatic rings. The van der Waals surface area contributed by atoms with Gasteiger partial charge in [-0.25, -0.2) is 13.4 Å². The molecule has 2 N–H and O–H groups in total. The quantitative estimate of drug-likeness (QED) is 0.347. The third kappa shape index (κ3) is 6.36. The van der Waals surface area contributed by atoms with Gasteiger partial charge < -0.3 is 9.73 Å². The van der Waals surface area contributed by atoms with E-state index in [2.05, 4.69) is 20.1 Å². The van der Waals surface area contributed by atoms with Crippen LogP contribution in [0, 0.1) is 13.8 Å². The van der Waals surface area contributed by atoms with Gasteiger partial charge in [-0.2, -0.15) is 5.10 Å². The van der Waals surface area contributed by atoms with Gasteiger partial charge in [0.2, 0.25) is 21.8 Å². The molecule has 2 aromatic heterocycles. The average molecular weight is 494 g/mol. The number of hydrogen-bond donors (Lipinski definition) is 2. The molecule has 0 fully saturated rings. The standard InChI is InChI=1S/C25H27N5O4S/c1-18-12-14-27-30(18)15-13-24(31)26-16-23-19(2)34-25(28-23)21-10-6-7-11-22(21)29-35(32,33)17-20-8-4-3-5-9-20/h3-12,14,29H,13,15-17H2,1-2H3,(H,26,31). The van der Waals surface area contributed by atoms with Crippen LogP contribution in [0.1, 0.15) is 29.1 Å². The van der Waals surface area contributed by atoms with E-state index in [1.807, 2.05) is 19.1 Å². The molecular weight excluding hydrogens is 466 g/mol. The number of rotatable bonds is 10. The van der Waals surface area contributed by atoms with Crippen molar-refractivity contribution in [2.75, 3.05) is 4.72 Å². The van der Waals surface area contributed by atoms with Crippen LogP contribution in [0.5, 0.6) is 0 Å². The first kappa shape index (κ1) is 24.2. The first-order valence-corrected chi connectivity index (χ1v) is 12.8. The average Bonchev–Trinajstić information content (AvgIpc) is 3.41. The molecule has 0 atom stereocenters. The molecule has 0 unspecified atom stereocenters. The summed E-state index contributed by atoms with van der Waals surface area (Å²) in [6.07, 6.45) is 1.99. The van der Waals surface area contributed by atoms with Crippen LogP contribution in [0.25, 0.3) is 11.5 Å². The zero-order valence-corrected chi connectivity index (χ0v) is 20.4. The van der Waals surface area contributed by atoms with Gasteiger partial charge in [-0.1, -0.05) is 42.5 Å². The first-order valence-electron chi connectivity index (χ1n) is 11.2. The zero-order valence-electron chi connectivity index (χ0n) is 19.6. The van der Waals surface area contributed by atoms with Crippen molar-refractivity contribution >= 4 is 21.6 Å². The van der Waals surface area contributed by atoms with Crippen LogP contribution in [0.2, 0.25) is 0 Å². The second-order valence-electron chi connectivity index (χ2n) is 8.14. The van der Waals surface area contributed by atoms with E-state index in [1.165, 1.54) is 0 Å². The Balaban J connectivity index is 1.43. The maximum absolute atomic E-state index is 12.8. The molecule has 0 aliphatic heterocycles. The highest BCUT2D eigenvalue weighted by atomic mass is 32.2. The van der Waals surface area contributed by atoms with E-state index in [0.717, 1.165) is 5.69 Å². The van der Waals surface area contributed by atoms with Crippen LogP contribution < -0.4 is 10.0 Å². The highest BCUT2D eigenvalue weighted by Crippen LogP contribution is 2.30. The number of aromatic nitrogens is 3. The molecule has 2 heterocycles. The molecule has 182 valence electrons. The number of oxazole rings is 1. The van der Waals surface area contributed by atoms with E-state index < -0.39 is 10.0 Å². The Kier molecular flexibility index (Phi) is 7.31. The zero-order chi connectivity index (χ0) is 24.8. The van der Waals surface area contributed by atoms with Crippen molar-refractivity contribution in [3.05, 3.63) is 89.6 Å². The molecule has 9 nitrogen and oxygen atoms in total. The van der Waals surface area contributed by atoms with Gasteiger partial charge in [-0.3, -0.25) is 14.2 Å². The van der Waals surface area contributed by atoms with E-state index in [-0.39, 0.29) is 30.5 Å².